The van der Waals surface area contributed by atoms with Crippen LogP contribution in [0.2, 0.25) is 5.02 Å². The number of hydrogen-bond donors (Lipinski definition) is 3. The zero-order chi connectivity index (χ0) is 19.4. The van der Waals surface area contributed by atoms with Gasteiger partial charge in [0, 0.05) is 16.8 Å². The quantitative estimate of drug-likeness (QED) is 0.457. The number of rotatable bonds is 5. The van der Waals surface area contributed by atoms with E-state index in [0.29, 0.717) is 10.7 Å². The molecule has 0 unspecified atom stereocenters. The van der Waals surface area contributed by atoms with E-state index < -0.39 is 16.7 Å². The van der Waals surface area contributed by atoms with Gasteiger partial charge < -0.3 is 15.6 Å². The van der Waals surface area contributed by atoms with Gasteiger partial charge in [-0.1, -0.05) is 23.7 Å². The second-order valence-corrected chi connectivity index (χ2v) is 5.75. The monoisotopic (exact) mass is 385 g/mol. The van der Waals surface area contributed by atoms with E-state index in [0.717, 1.165) is 0 Å². The number of nitrogens with one attached hydrogen (secondary N) is 3. The first kappa shape index (κ1) is 18.1. The number of halogens is 1. The molecule has 0 fully saturated rings. The molecule has 3 N–H and O–H groups in total. The lowest BCUT2D eigenvalue weighted by atomic mass is 10.2. The highest BCUT2D eigenvalue weighted by atomic mass is 35.5. The van der Waals surface area contributed by atoms with Crippen LogP contribution in [-0.2, 0) is 0 Å². The first-order chi connectivity index (χ1) is 13.0. The number of nitrogens with zero attached hydrogens (tertiary/aromatic N) is 2. The van der Waals surface area contributed by atoms with Gasteiger partial charge in [-0.25, -0.2) is 4.98 Å². The summed E-state index contributed by atoms with van der Waals surface area (Å²) in [6, 6.07) is 12.1. The minimum Gasteiger partial charge on any atom is -0.340 e. The van der Waals surface area contributed by atoms with Gasteiger partial charge in [-0.15, -0.1) is 0 Å². The Labute approximate surface area is 157 Å². The van der Waals surface area contributed by atoms with E-state index >= 15 is 0 Å². The molecule has 1 heterocycles. The molecule has 1 aromatic heterocycles. The van der Waals surface area contributed by atoms with E-state index in [-0.39, 0.29) is 22.8 Å². The average molecular weight is 386 g/mol. The summed E-state index contributed by atoms with van der Waals surface area (Å²) < 4.78 is 0. The maximum absolute atomic E-state index is 12.5. The molecule has 27 heavy (non-hydrogen) atoms. The molecule has 10 heteroatoms. The lowest BCUT2D eigenvalue weighted by Gasteiger charge is -2.07. The summed E-state index contributed by atoms with van der Waals surface area (Å²) in [6.07, 6.45) is 1.19. The summed E-state index contributed by atoms with van der Waals surface area (Å²) in [4.78, 5) is 41.7. The molecule has 0 atom stereocenters. The number of carbonyl (C=O) groups is 2. The Hall–Kier alpha value is -3.72. The second-order valence-electron chi connectivity index (χ2n) is 5.32. The molecule has 2 amide bonds. The van der Waals surface area contributed by atoms with Gasteiger partial charge in [-0.05, 0) is 30.3 Å². The standard InChI is InChI=1S/C17H12ClN5O4/c18-10-5-7-11(8-6-10)21-16(24)14-15(20-9-19-14)17(25)22-12-3-1-2-4-13(12)23(26)27/h1-9H,(H,19,20)(H,21,24)(H,22,25). The summed E-state index contributed by atoms with van der Waals surface area (Å²) in [5.74, 6) is -1.35. The van der Waals surface area contributed by atoms with Gasteiger partial charge in [-0.2, -0.15) is 0 Å². The number of nitro benzene ring substituents is 1. The second kappa shape index (κ2) is 7.67. The van der Waals surface area contributed by atoms with Crippen LogP contribution in [-0.4, -0.2) is 26.7 Å². The molecular formula is C17H12ClN5O4. The SMILES string of the molecule is O=C(Nc1ccc(Cl)cc1)c1nc[nH]c1C(=O)Nc1ccccc1[N+](=O)[O-]. The third-order valence-corrected chi connectivity index (χ3v) is 3.78. The van der Waals surface area contributed by atoms with Crippen LogP contribution in [0.15, 0.2) is 54.9 Å². The highest BCUT2D eigenvalue weighted by Crippen LogP contribution is 2.24. The molecule has 0 aliphatic rings. The summed E-state index contributed by atoms with van der Waals surface area (Å²) in [6.45, 7) is 0. The summed E-state index contributed by atoms with van der Waals surface area (Å²) in [5.41, 5.74) is -0.0678. The number of aromatic nitrogens is 2. The average Bonchev–Trinajstić information content (AvgIpc) is 3.14. The van der Waals surface area contributed by atoms with Crippen LogP contribution in [0, 0.1) is 10.1 Å². The minimum absolute atomic E-state index is 0.00570. The first-order valence-corrected chi connectivity index (χ1v) is 7.98. The molecule has 0 aliphatic carbocycles. The van der Waals surface area contributed by atoms with E-state index in [4.69, 9.17) is 11.6 Å². The van der Waals surface area contributed by atoms with E-state index in [1.165, 1.54) is 24.5 Å². The van der Waals surface area contributed by atoms with Gasteiger partial charge in [0.05, 0.1) is 11.3 Å². The maximum atomic E-state index is 12.5. The van der Waals surface area contributed by atoms with E-state index in [1.807, 2.05) is 0 Å². The summed E-state index contributed by atoms with van der Waals surface area (Å²) in [7, 11) is 0. The molecule has 0 aliphatic heterocycles. The van der Waals surface area contributed by atoms with Crippen molar-refractivity contribution in [2.24, 2.45) is 0 Å². The van der Waals surface area contributed by atoms with Crippen molar-refractivity contribution in [3.8, 4) is 0 Å². The van der Waals surface area contributed by atoms with Crippen LogP contribution < -0.4 is 10.6 Å². The lowest BCUT2D eigenvalue weighted by molar-refractivity contribution is -0.383. The predicted octanol–water partition coefficient (Wildman–Crippen LogP) is 3.48. The smallest absolute Gasteiger partial charge is 0.292 e. The number of imidazole rings is 1. The number of anilines is 2. The number of carbonyl (C=O) groups excluding carboxylic acids is 2. The van der Waals surface area contributed by atoms with Crippen LogP contribution in [0.3, 0.4) is 0 Å². The van der Waals surface area contributed by atoms with E-state index in [1.54, 1.807) is 30.3 Å². The van der Waals surface area contributed by atoms with Crippen molar-refractivity contribution in [3.05, 3.63) is 81.4 Å². The molecular weight excluding hydrogens is 374 g/mol. The highest BCUT2D eigenvalue weighted by Gasteiger charge is 2.23. The van der Waals surface area contributed by atoms with Crippen LogP contribution in [0.25, 0.3) is 0 Å². The Kier molecular flexibility index (Phi) is 5.13. The number of hydrogen-bond acceptors (Lipinski definition) is 5. The van der Waals surface area contributed by atoms with Crippen molar-refractivity contribution >= 4 is 40.5 Å². The molecule has 136 valence electrons. The van der Waals surface area contributed by atoms with Crippen molar-refractivity contribution in [2.75, 3.05) is 10.6 Å². The van der Waals surface area contributed by atoms with Gasteiger partial charge in [0.25, 0.3) is 17.5 Å². The predicted molar refractivity (Wildman–Crippen MR) is 99.0 cm³/mol. The Bertz CT molecular complexity index is 1020. The lowest BCUT2D eigenvalue weighted by Crippen LogP contribution is -2.20. The third-order valence-electron chi connectivity index (χ3n) is 3.53. The Balaban J connectivity index is 1.80. The largest absolute Gasteiger partial charge is 0.340 e. The zero-order valence-electron chi connectivity index (χ0n) is 13.6. The van der Waals surface area contributed by atoms with Crippen molar-refractivity contribution in [2.45, 2.75) is 0 Å². The van der Waals surface area contributed by atoms with Crippen molar-refractivity contribution < 1.29 is 14.5 Å². The molecule has 3 aromatic rings. The molecule has 2 aromatic carbocycles. The Morgan fingerprint density at radius 3 is 2.44 bits per heavy atom. The van der Waals surface area contributed by atoms with Crippen molar-refractivity contribution in [1.82, 2.24) is 9.97 Å². The molecule has 0 saturated carbocycles. The Morgan fingerprint density at radius 1 is 1.04 bits per heavy atom. The van der Waals surface area contributed by atoms with E-state index in [2.05, 4.69) is 20.6 Å². The number of benzene rings is 2. The summed E-state index contributed by atoms with van der Waals surface area (Å²) >= 11 is 5.80. The highest BCUT2D eigenvalue weighted by molar-refractivity contribution is 6.30. The molecule has 0 bridgehead atoms. The van der Waals surface area contributed by atoms with Gasteiger partial charge >= 0.3 is 0 Å². The number of nitro groups is 1. The first-order valence-electron chi connectivity index (χ1n) is 7.61. The van der Waals surface area contributed by atoms with Crippen LogP contribution >= 0.6 is 11.6 Å². The topological polar surface area (TPSA) is 130 Å². The Morgan fingerprint density at radius 2 is 1.74 bits per heavy atom. The fraction of sp³-hybridized carbons (Fsp3) is 0. The van der Waals surface area contributed by atoms with Crippen LogP contribution in [0.4, 0.5) is 17.1 Å². The maximum Gasteiger partial charge on any atom is 0.292 e. The fourth-order valence-corrected chi connectivity index (χ4v) is 2.41. The third kappa shape index (κ3) is 4.10. The van der Waals surface area contributed by atoms with Gasteiger partial charge in [-0.3, -0.25) is 19.7 Å². The van der Waals surface area contributed by atoms with Gasteiger partial charge in [0.15, 0.2) is 5.69 Å². The number of aromatic amines is 1. The summed E-state index contributed by atoms with van der Waals surface area (Å²) in [5, 5.41) is 16.6. The molecule has 0 radical (unpaired) electrons. The molecule has 0 saturated heterocycles. The fourth-order valence-electron chi connectivity index (χ4n) is 2.29. The number of para-hydroxylation sites is 2. The van der Waals surface area contributed by atoms with Crippen molar-refractivity contribution in [3.63, 3.8) is 0 Å². The van der Waals surface area contributed by atoms with Crippen LogP contribution in [0.1, 0.15) is 21.0 Å². The van der Waals surface area contributed by atoms with Crippen molar-refractivity contribution in [1.29, 1.82) is 0 Å². The van der Waals surface area contributed by atoms with E-state index in [9.17, 15) is 19.7 Å². The van der Waals surface area contributed by atoms with Crippen LogP contribution in [0.5, 0.6) is 0 Å². The van der Waals surface area contributed by atoms with Gasteiger partial charge in [0.2, 0.25) is 0 Å². The molecule has 3 rings (SSSR count). The zero-order valence-corrected chi connectivity index (χ0v) is 14.4. The normalized spacial score (nSPS) is 10.3. The van der Waals surface area contributed by atoms with Gasteiger partial charge in [0.1, 0.15) is 11.4 Å². The number of amides is 2. The number of H-pyrrole nitrogens is 1. The minimum atomic E-state index is -0.733. The molecule has 9 nitrogen and oxygen atoms in total. The molecule has 0 spiro atoms.